The zero-order chi connectivity index (χ0) is 19.0. The fourth-order valence-corrected chi connectivity index (χ4v) is 3.69. The molecular formula is C18H9Cl3N4OS. The van der Waals surface area contributed by atoms with Crippen LogP contribution in [-0.4, -0.2) is 21.1 Å². The van der Waals surface area contributed by atoms with E-state index in [4.69, 9.17) is 34.8 Å². The molecule has 134 valence electrons. The van der Waals surface area contributed by atoms with E-state index in [0.29, 0.717) is 37.9 Å². The lowest BCUT2D eigenvalue weighted by atomic mass is 10.0. The molecule has 0 saturated heterocycles. The Bertz CT molecular complexity index is 1160. The van der Waals surface area contributed by atoms with Gasteiger partial charge in [0.15, 0.2) is 0 Å². The van der Waals surface area contributed by atoms with Gasteiger partial charge in [-0.2, -0.15) is 0 Å². The maximum atomic E-state index is 12.8. The van der Waals surface area contributed by atoms with Crippen molar-refractivity contribution in [1.82, 2.24) is 15.2 Å². The Labute approximate surface area is 172 Å². The van der Waals surface area contributed by atoms with Gasteiger partial charge in [0.25, 0.3) is 5.91 Å². The Morgan fingerprint density at radius 2 is 1.85 bits per heavy atom. The molecule has 2 aromatic carbocycles. The van der Waals surface area contributed by atoms with Crippen LogP contribution < -0.4 is 5.32 Å². The Balaban J connectivity index is 1.89. The molecule has 0 aliphatic heterocycles. The second-order valence-electron chi connectivity index (χ2n) is 5.49. The molecule has 0 aliphatic rings. The lowest BCUT2D eigenvalue weighted by molar-refractivity contribution is 0.102. The molecule has 0 bridgehead atoms. The summed E-state index contributed by atoms with van der Waals surface area (Å²) in [6, 6.07) is 12.4. The molecule has 0 saturated carbocycles. The number of fused-ring (bicyclic) bond motifs is 1. The fourth-order valence-electron chi connectivity index (χ4n) is 2.62. The first-order valence-electron chi connectivity index (χ1n) is 7.66. The topological polar surface area (TPSA) is 67.8 Å². The number of nitrogens with one attached hydrogen (secondary N) is 1. The molecule has 2 aromatic heterocycles. The van der Waals surface area contributed by atoms with Gasteiger partial charge in [0.05, 0.1) is 31.8 Å². The number of nitrogens with zero attached hydrogens (tertiary/aromatic N) is 3. The van der Waals surface area contributed by atoms with Gasteiger partial charge in [0.2, 0.25) is 5.13 Å². The van der Waals surface area contributed by atoms with Crippen LogP contribution in [-0.2, 0) is 0 Å². The largest absolute Gasteiger partial charge is 0.296 e. The highest BCUT2D eigenvalue weighted by atomic mass is 35.5. The lowest BCUT2D eigenvalue weighted by Gasteiger charge is -2.11. The summed E-state index contributed by atoms with van der Waals surface area (Å²) in [6.45, 7) is 0. The summed E-state index contributed by atoms with van der Waals surface area (Å²) < 4.78 is 0. The third kappa shape index (κ3) is 3.49. The molecule has 4 rings (SSSR count). The number of amides is 1. The Kier molecular flexibility index (Phi) is 4.97. The summed E-state index contributed by atoms with van der Waals surface area (Å²) in [6.07, 6.45) is 0. The SMILES string of the molecule is O=C(Nc1nncs1)c1cc(-c2ccc(Cl)c(Cl)c2Cl)nc2ccccc12. The summed E-state index contributed by atoms with van der Waals surface area (Å²) >= 11 is 19.8. The van der Waals surface area contributed by atoms with Crippen LogP contribution in [0, 0.1) is 0 Å². The first-order valence-corrected chi connectivity index (χ1v) is 9.67. The zero-order valence-corrected chi connectivity index (χ0v) is 16.5. The van der Waals surface area contributed by atoms with E-state index >= 15 is 0 Å². The van der Waals surface area contributed by atoms with Crippen LogP contribution in [0.5, 0.6) is 0 Å². The number of carbonyl (C=O) groups excluding carboxylic acids is 1. The number of para-hydroxylation sites is 1. The van der Waals surface area contributed by atoms with Crippen LogP contribution in [0.1, 0.15) is 10.4 Å². The van der Waals surface area contributed by atoms with Crippen molar-refractivity contribution in [2.24, 2.45) is 0 Å². The highest BCUT2D eigenvalue weighted by molar-refractivity contribution is 7.13. The number of rotatable bonds is 3. The number of pyridine rings is 1. The quantitative estimate of drug-likeness (QED) is 0.403. The lowest BCUT2D eigenvalue weighted by Crippen LogP contribution is -2.13. The predicted molar refractivity (Wildman–Crippen MR) is 110 cm³/mol. The molecule has 1 N–H and O–H groups in total. The summed E-state index contributed by atoms with van der Waals surface area (Å²) in [5.41, 5.74) is 3.73. The molecule has 2 heterocycles. The third-order valence-electron chi connectivity index (χ3n) is 3.85. The average Bonchev–Trinajstić information content (AvgIpc) is 3.18. The number of hydrogen-bond acceptors (Lipinski definition) is 5. The number of aromatic nitrogens is 3. The number of hydrogen-bond donors (Lipinski definition) is 1. The highest BCUT2D eigenvalue weighted by Crippen LogP contribution is 2.38. The van der Waals surface area contributed by atoms with Gasteiger partial charge in [-0.05, 0) is 24.3 Å². The predicted octanol–water partition coefficient (Wildman–Crippen LogP) is 5.97. The minimum absolute atomic E-state index is 0.241. The second kappa shape index (κ2) is 7.40. The molecule has 0 fully saturated rings. The van der Waals surface area contributed by atoms with Crippen molar-refractivity contribution in [3.63, 3.8) is 0 Å². The van der Waals surface area contributed by atoms with Crippen molar-refractivity contribution in [2.75, 3.05) is 5.32 Å². The Morgan fingerprint density at radius 1 is 1.04 bits per heavy atom. The molecule has 4 aromatic rings. The van der Waals surface area contributed by atoms with E-state index in [1.807, 2.05) is 24.3 Å². The van der Waals surface area contributed by atoms with Gasteiger partial charge in [-0.1, -0.05) is 64.3 Å². The number of halogens is 3. The molecule has 9 heteroatoms. The van der Waals surface area contributed by atoms with Crippen molar-refractivity contribution >= 4 is 68.1 Å². The molecule has 0 radical (unpaired) electrons. The third-order valence-corrected chi connectivity index (χ3v) is 5.75. The minimum atomic E-state index is -0.317. The monoisotopic (exact) mass is 434 g/mol. The van der Waals surface area contributed by atoms with Crippen molar-refractivity contribution in [1.29, 1.82) is 0 Å². The van der Waals surface area contributed by atoms with Crippen LogP contribution in [0.25, 0.3) is 22.2 Å². The maximum Gasteiger partial charge on any atom is 0.258 e. The molecule has 1 amide bonds. The summed E-state index contributed by atoms with van der Waals surface area (Å²) in [5, 5.41) is 12.3. The molecule has 0 aliphatic carbocycles. The van der Waals surface area contributed by atoms with Gasteiger partial charge in [0.1, 0.15) is 5.51 Å². The summed E-state index contributed by atoms with van der Waals surface area (Å²) in [4.78, 5) is 17.5. The molecular weight excluding hydrogens is 427 g/mol. The van der Waals surface area contributed by atoms with Crippen molar-refractivity contribution in [3.05, 3.63) is 68.6 Å². The molecule has 0 spiro atoms. The molecule has 27 heavy (non-hydrogen) atoms. The van der Waals surface area contributed by atoms with E-state index in [-0.39, 0.29) is 16.0 Å². The van der Waals surface area contributed by atoms with E-state index < -0.39 is 0 Å². The van der Waals surface area contributed by atoms with E-state index in [0.717, 1.165) is 0 Å². The molecule has 5 nitrogen and oxygen atoms in total. The number of benzene rings is 2. The van der Waals surface area contributed by atoms with Crippen LogP contribution in [0.15, 0.2) is 48.0 Å². The molecule has 0 atom stereocenters. The standard InChI is InChI=1S/C18H9Cl3N4OS/c19-12-6-5-10(15(20)16(12)21)14-7-11(9-3-1-2-4-13(9)23-14)17(26)24-18-25-22-8-27-18/h1-8H,(H,24,25,26). The smallest absolute Gasteiger partial charge is 0.258 e. The summed E-state index contributed by atoms with van der Waals surface area (Å²) in [5.74, 6) is -0.317. The Hall–Kier alpha value is -2.25. The van der Waals surface area contributed by atoms with Crippen LogP contribution in [0.2, 0.25) is 15.1 Å². The van der Waals surface area contributed by atoms with Gasteiger partial charge in [-0.3, -0.25) is 10.1 Å². The average molecular weight is 436 g/mol. The van der Waals surface area contributed by atoms with Gasteiger partial charge in [-0.15, -0.1) is 10.2 Å². The minimum Gasteiger partial charge on any atom is -0.296 e. The van der Waals surface area contributed by atoms with Crippen molar-refractivity contribution < 1.29 is 4.79 Å². The number of anilines is 1. The van der Waals surface area contributed by atoms with Gasteiger partial charge in [0, 0.05) is 10.9 Å². The summed E-state index contributed by atoms with van der Waals surface area (Å²) in [7, 11) is 0. The van der Waals surface area contributed by atoms with Crippen LogP contribution >= 0.6 is 46.1 Å². The van der Waals surface area contributed by atoms with Crippen LogP contribution in [0.4, 0.5) is 5.13 Å². The first kappa shape index (κ1) is 18.1. The van der Waals surface area contributed by atoms with E-state index in [1.54, 1.807) is 23.7 Å². The number of carbonyl (C=O) groups is 1. The van der Waals surface area contributed by atoms with Gasteiger partial charge in [-0.25, -0.2) is 4.98 Å². The Morgan fingerprint density at radius 3 is 2.63 bits per heavy atom. The van der Waals surface area contributed by atoms with Crippen molar-refractivity contribution in [2.45, 2.75) is 0 Å². The van der Waals surface area contributed by atoms with Gasteiger partial charge >= 0.3 is 0 Å². The molecule has 0 unspecified atom stereocenters. The first-order chi connectivity index (χ1) is 13.0. The maximum absolute atomic E-state index is 12.8. The van der Waals surface area contributed by atoms with E-state index in [2.05, 4.69) is 20.5 Å². The van der Waals surface area contributed by atoms with E-state index in [1.165, 1.54) is 11.3 Å². The van der Waals surface area contributed by atoms with Crippen molar-refractivity contribution in [3.8, 4) is 11.3 Å². The highest BCUT2D eigenvalue weighted by Gasteiger charge is 2.18. The second-order valence-corrected chi connectivity index (χ2v) is 7.49. The zero-order valence-electron chi connectivity index (χ0n) is 13.4. The normalized spacial score (nSPS) is 10.9. The van der Waals surface area contributed by atoms with Gasteiger partial charge < -0.3 is 0 Å². The fraction of sp³-hybridized carbons (Fsp3) is 0. The van der Waals surface area contributed by atoms with E-state index in [9.17, 15) is 4.79 Å². The van der Waals surface area contributed by atoms with Crippen LogP contribution in [0.3, 0.4) is 0 Å².